The van der Waals surface area contributed by atoms with Crippen molar-refractivity contribution < 1.29 is 9.18 Å². The van der Waals surface area contributed by atoms with E-state index in [1.165, 1.54) is 12.1 Å². The van der Waals surface area contributed by atoms with E-state index in [0.29, 0.717) is 5.92 Å². The van der Waals surface area contributed by atoms with Gasteiger partial charge < -0.3 is 15.5 Å². The molecule has 1 aromatic rings. The number of rotatable bonds is 4. The Morgan fingerprint density at radius 3 is 2.86 bits per heavy atom. The molecular weight excluding hydrogens is 269 g/mol. The molecule has 2 aliphatic heterocycles. The van der Waals surface area contributed by atoms with Crippen LogP contribution in [0.3, 0.4) is 0 Å². The van der Waals surface area contributed by atoms with E-state index in [0.717, 1.165) is 51.1 Å². The Labute approximate surface area is 124 Å². The molecular formula is C16H22FN3O. The first kappa shape index (κ1) is 14.3. The lowest BCUT2D eigenvalue weighted by molar-refractivity contribution is -0.122. The van der Waals surface area contributed by atoms with Crippen molar-refractivity contribution in [3.05, 3.63) is 30.1 Å². The highest BCUT2D eigenvalue weighted by molar-refractivity contribution is 5.82. The molecule has 0 bridgehead atoms. The second kappa shape index (κ2) is 6.43. The number of hydrogen-bond donors (Lipinski definition) is 2. The predicted molar refractivity (Wildman–Crippen MR) is 80.8 cm³/mol. The van der Waals surface area contributed by atoms with Gasteiger partial charge in [0.05, 0.1) is 6.04 Å². The van der Waals surface area contributed by atoms with Gasteiger partial charge in [-0.25, -0.2) is 4.39 Å². The number of nitrogens with zero attached hydrogens (tertiary/aromatic N) is 1. The number of hydrogen-bond acceptors (Lipinski definition) is 3. The van der Waals surface area contributed by atoms with Gasteiger partial charge >= 0.3 is 0 Å². The Kier molecular flexibility index (Phi) is 4.39. The molecule has 114 valence electrons. The summed E-state index contributed by atoms with van der Waals surface area (Å²) in [6, 6.07) is 6.63. The third-order valence-electron chi connectivity index (χ3n) is 4.42. The van der Waals surface area contributed by atoms with Gasteiger partial charge in [-0.1, -0.05) is 0 Å². The number of benzene rings is 1. The Bertz CT molecular complexity index is 485. The lowest BCUT2D eigenvalue weighted by Crippen LogP contribution is -2.42. The number of nitrogens with one attached hydrogen (secondary N) is 2. The van der Waals surface area contributed by atoms with Crippen molar-refractivity contribution in [3.8, 4) is 0 Å². The molecule has 0 aromatic heterocycles. The molecule has 1 amide bonds. The van der Waals surface area contributed by atoms with Crippen molar-refractivity contribution in [1.82, 2.24) is 10.6 Å². The van der Waals surface area contributed by atoms with Crippen LogP contribution in [0.1, 0.15) is 19.3 Å². The molecule has 0 aliphatic carbocycles. The topological polar surface area (TPSA) is 44.4 Å². The highest BCUT2D eigenvalue weighted by Crippen LogP contribution is 2.23. The smallest absolute Gasteiger partial charge is 0.237 e. The quantitative estimate of drug-likeness (QED) is 0.884. The van der Waals surface area contributed by atoms with E-state index in [1.54, 1.807) is 0 Å². The second-order valence-electron chi connectivity index (χ2n) is 5.97. The summed E-state index contributed by atoms with van der Waals surface area (Å²) in [4.78, 5) is 14.2. The monoisotopic (exact) mass is 291 g/mol. The Hall–Kier alpha value is -1.62. The standard InChI is InChI=1S/C16H22FN3O/c17-13-3-5-14(6-4-13)20-9-7-12(11-20)10-19-16(21)15-2-1-8-18-15/h3-6,12,15,18H,1-2,7-11H2,(H,19,21)/t12?,15-/m0/s1. The van der Waals surface area contributed by atoms with E-state index in [-0.39, 0.29) is 17.8 Å². The summed E-state index contributed by atoms with van der Waals surface area (Å²) in [6.07, 6.45) is 3.09. The predicted octanol–water partition coefficient (Wildman–Crippen LogP) is 1.52. The van der Waals surface area contributed by atoms with Gasteiger partial charge in [0.1, 0.15) is 5.82 Å². The molecule has 1 aromatic carbocycles. The van der Waals surface area contributed by atoms with E-state index in [9.17, 15) is 9.18 Å². The largest absolute Gasteiger partial charge is 0.371 e. The number of carbonyl (C=O) groups excluding carboxylic acids is 1. The number of amides is 1. The van der Waals surface area contributed by atoms with E-state index in [1.807, 2.05) is 12.1 Å². The molecule has 2 heterocycles. The van der Waals surface area contributed by atoms with Crippen LogP contribution in [0.4, 0.5) is 10.1 Å². The molecule has 0 saturated carbocycles. The minimum Gasteiger partial charge on any atom is -0.371 e. The fourth-order valence-corrected chi connectivity index (χ4v) is 3.16. The van der Waals surface area contributed by atoms with Crippen LogP contribution in [0.5, 0.6) is 0 Å². The molecule has 2 atom stereocenters. The molecule has 2 saturated heterocycles. The fraction of sp³-hybridized carbons (Fsp3) is 0.562. The van der Waals surface area contributed by atoms with Crippen molar-refractivity contribution >= 4 is 11.6 Å². The summed E-state index contributed by atoms with van der Waals surface area (Å²) in [7, 11) is 0. The van der Waals surface area contributed by atoms with E-state index in [4.69, 9.17) is 0 Å². The van der Waals surface area contributed by atoms with Crippen LogP contribution in [-0.2, 0) is 4.79 Å². The molecule has 2 N–H and O–H groups in total. The van der Waals surface area contributed by atoms with Crippen molar-refractivity contribution in [1.29, 1.82) is 0 Å². The maximum absolute atomic E-state index is 12.9. The third-order valence-corrected chi connectivity index (χ3v) is 4.42. The minimum absolute atomic E-state index is 0.000366. The highest BCUT2D eigenvalue weighted by Gasteiger charge is 2.26. The van der Waals surface area contributed by atoms with E-state index >= 15 is 0 Å². The maximum atomic E-state index is 12.9. The third kappa shape index (κ3) is 3.53. The SMILES string of the molecule is O=C(NCC1CCN(c2ccc(F)cc2)C1)[C@@H]1CCCN1. The van der Waals surface area contributed by atoms with Crippen molar-refractivity contribution in [2.24, 2.45) is 5.92 Å². The zero-order chi connectivity index (χ0) is 14.7. The molecule has 2 aliphatic rings. The second-order valence-corrected chi connectivity index (χ2v) is 5.97. The minimum atomic E-state index is -0.203. The highest BCUT2D eigenvalue weighted by atomic mass is 19.1. The summed E-state index contributed by atoms with van der Waals surface area (Å²) in [5, 5.41) is 6.27. The molecule has 21 heavy (non-hydrogen) atoms. The number of halogens is 1. The summed E-state index contributed by atoms with van der Waals surface area (Å²) in [5.41, 5.74) is 1.06. The molecule has 2 fully saturated rings. The van der Waals surface area contributed by atoms with Gasteiger partial charge in [-0.05, 0) is 56.0 Å². The van der Waals surface area contributed by atoms with Gasteiger partial charge in [-0.15, -0.1) is 0 Å². The van der Waals surface area contributed by atoms with Crippen LogP contribution in [0, 0.1) is 11.7 Å². The van der Waals surface area contributed by atoms with Gasteiger partial charge in [-0.3, -0.25) is 4.79 Å². The first-order valence-corrected chi connectivity index (χ1v) is 7.74. The maximum Gasteiger partial charge on any atom is 0.237 e. The average Bonchev–Trinajstić information content (AvgIpc) is 3.17. The zero-order valence-electron chi connectivity index (χ0n) is 12.1. The number of anilines is 1. The average molecular weight is 291 g/mol. The Balaban J connectivity index is 1.46. The molecule has 0 spiro atoms. The van der Waals surface area contributed by atoms with Crippen molar-refractivity contribution in [3.63, 3.8) is 0 Å². The lowest BCUT2D eigenvalue weighted by atomic mass is 10.1. The number of carbonyl (C=O) groups is 1. The molecule has 3 rings (SSSR count). The summed E-state index contributed by atoms with van der Waals surface area (Å²) >= 11 is 0. The molecule has 5 heteroatoms. The molecule has 0 radical (unpaired) electrons. The normalized spacial score (nSPS) is 25.3. The van der Waals surface area contributed by atoms with Gasteiger partial charge in [0.25, 0.3) is 0 Å². The summed E-state index contributed by atoms with van der Waals surface area (Å²) in [6.45, 7) is 3.56. The van der Waals surface area contributed by atoms with Crippen LogP contribution in [0.2, 0.25) is 0 Å². The first-order chi connectivity index (χ1) is 10.2. The van der Waals surface area contributed by atoms with E-state index < -0.39 is 0 Å². The molecule has 4 nitrogen and oxygen atoms in total. The van der Waals surface area contributed by atoms with Crippen molar-refractivity contribution in [2.75, 3.05) is 31.1 Å². The fourth-order valence-electron chi connectivity index (χ4n) is 3.16. The van der Waals surface area contributed by atoms with Gasteiger partial charge in [0, 0.05) is 25.3 Å². The van der Waals surface area contributed by atoms with Crippen molar-refractivity contribution in [2.45, 2.75) is 25.3 Å². The van der Waals surface area contributed by atoms with Crippen LogP contribution in [0.25, 0.3) is 0 Å². The van der Waals surface area contributed by atoms with Crippen LogP contribution in [0.15, 0.2) is 24.3 Å². The first-order valence-electron chi connectivity index (χ1n) is 7.74. The zero-order valence-corrected chi connectivity index (χ0v) is 12.1. The summed E-state index contributed by atoms with van der Waals surface area (Å²) < 4.78 is 12.9. The van der Waals surface area contributed by atoms with Crippen LogP contribution >= 0.6 is 0 Å². The van der Waals surface area contributed by atoms with Gasteiger partial charge in [0.15, 0.2) is 0 Å². The summed E-state index contributed by atoms with van der Waals surface area (Å²) in [5.74, 6) is 0.402. The van der Waals surface area contributed by atoms with Gasteiger partial charge in [0.2, 0.25) is 5.91 Å². The molecule has 1 unspecified atom stereocenters. The Morgan fingerprint density at radius 1 is 1.33 bits per heavy atom. The lowest BCUT2D eigenvalue weighted by Gasteiger charge is -2.19. The van der Waals surface area contributed by atoms with Crippen LogP contribution in [-0.4, -0.2) is 38.1 Å². The van der Waals surface area contributed by atoms with Gasteiger partial charge in [-0.2, -0.15) is 0 Å². The van der Waals surface area contributed by atoms with E-state index in [2.05, 4.69) is 15.5 Å². The Morgan fingerprint density at radius 2 is 2.14 bits per heavy atom. The van der Waals surface area contributed by atoms with Crippen LogP contribution < -0.4 is 15.5 Å².